The minimum Gasteiger partial charge on any atom is -0.486 e. The van der Waals surface area contributed by atoms with Crippen molar-refractivity contribution < 1.29 is 19.1 Å². The lowest BCUT2D eigenvalue weighted by Gasteiger charge is -2.38. The standard InChI is InChI=1S/C19H28N2O4/c1-13-9-14(10-20(5)6)7-8-16(13)24-15-11-21(12-15)18(23)25-17(22)19(2,3)4/h7-9,15H,10-12H2,1-6H3. The third-order valence-corrected chi connectivity index (χ3v) is 3.93. The molecule has 138 valence electrons. The van der Waals surface area contributed by atoms with Crippen molar-refractivity contribution in [2.24, 2.45) is 5.41 Å². The minimum atomic E-state index is -0.693. The molecule has 0 radical (unpaired) electrons. The van der Waals surface area contributed by atoms with Crippen LogP contribution in [0.3, 0.4) is 0 Å². The second kappa shape index (κ2) is 7.44. The zero-order valence-corrected chi connectivity index (χ0v) is 16.0. The number of esters is 1. The van der Waals surface area contributed by atoms with Crippen molar-refractivity contribution in [2.45, 2.75) is 40.3 Å². The lowest BCUT2D eigenvalue weighted by molar-refractivity contribution is -0.148. The van der Waals surface area contributed by atoms with E-state index in [1.54, 1.807) is 20.8 Å². The molecule has 6 heteroatoms. The zero-order valence-electron chi connectivity index (χ0n) is 16.0. The lowest BCUT2D eigenvalue weighted by Crippen LogP contribution is -2.56. The molecule has 1 aliphatic rings. The molecule has 0 N–H and O–H groups in total. The fraction of sp³-hybridized carbons (Fsp3) is 0.579. The van der Waals surface area contributed by atoms with Crippen molar-refractivity contribution in [1.82, 2.24) is 9.80 Å². The maximum absolute atomic E-state index is 11.9. The van der Waals surface area contributed by atoms with Crippen LogP contribution in [0.5, 0.6) is 5.75 Å². The van der Waals surface area contributed by atoms with Gasteiger partial charge in [-0.25, -0.2) is 4.79 Å². The third kappa shape index (κ3) is 5.19. The van der Waals surface area contributed by atoms with Gasteiger partial charge in [0.1, 0.15) is 11.9 Å². The first-order chi connectivity index (χ1) is 11.6. The van der Waals surface area contributed by atoms with Gasteiger partial charge in [0.2, 0.25) is 0 Å². The second-order valence-corrected chi connectivity index (χ2v) is 7.89. The SMILES string of the molecule is Cc1cc(CN(C)C)ccc1OC1CN(C(=O)OC(=O)C(C)(C)C)C1. The summed E-state index contributed by atoms with van der Waals surface area (Å²) < 4.78 is 10.8. The molecule has 1 aliphatic heterocycles. The summed E-state index contributed by atoms with van der Waals surface area (Å²) in [5.74, 6) is 0.306. The van der Waals surface area contributed by atoms with E-state index in [2.05, 4.69) is 17.0 Å². The van der Waals surface area contributed by atoms with E-state index < -0.39 is 17.5 Å². The summed E-state index contributed by atoms with van der Waals surface area (Å²) >= 11 is 0. The largest absolute Gasteiger partial charge is 0.486 e. The van der Waals surface area contributed by atoms with Gasteiger partial charge in [0.15, 0.2) is 0 Å². The van der Waals surface area contributed by atoms with E-state index >= 15 is 0 Å². The number of carbonyl (C=O) groups is 2. The molecule has 2 rings (SSSR count). The molecule has 1 saturated heterocycles. The summed E-state index contributed by atoms with van der Waals surface area (Å²) in [4.78, 5) is 27.2. The van der Waals surface area contributed by atoms with Gasteiger partial charge in [-0.2, -0.15) is 0 Å². The van der Waals surface area contributed by atoms with Gasteiger partial charge in [-0.05, 0) is 59.0 Å². The van der Waals surface area contributed by atoms with E-state index in [0.29, 0.717) is 13.1 Å². The lowest BCUT2D eigenvalue weighted by atomic mass is 9.97. The van der Waals surface area contributed by atoms with E-state index in [0.717, 1.165) is 17.9 Å². The first kappa shape index (κ1) is 19.2. The average Bonchev–Trinajstić information content (AvgIpc) is 2.42. The highest BCUT2D eigenvalue weighted by atomic mass is 16.6. The molecule has 0 bridgehead atoms. The van der Waals surface area contributed by atoms with Crippen LogP contribution in [0.2, 0.25) is 0 Å². The van der Waals surface area contributed by atoms with Gasteiger partial charge in [-0.3, -0.25) is 4.79 Å². The van der Waals surface area contributed by atoms with Crippen LogP contribution in [0.15, 0.2) is 18.2 Å². The maximum Gasteiger partial charge on any atom is 0.417 e. The van der Waals surface area contributed by atoms with Gasteiger partial charge >= 0.3 is 12.1 Å². The molecule has 25 heavy (non-hydrogen) atoms. The molecule has 1 aromatic carbocycles. The van der Waals surface area contributed by atoms with Crippen molar-refractivity contribution in [3.05, 3.63) is 29.3 Å². The number of nitrogens with zero attached hydrogens (tertiary/aromatic N) is 2. The quantitative estimate of drug-likeness (QED) is 0.618. The van der Waals surface area contributed by atoms with Gasteiger partial charge in [-0.1, -0.05) is 12.1 Å². The van der Waals surface area contributed by atoms with E-state index in [-0.39, 0.29) is 6.10 Å². The molecule has 6 nitrogen and oxygen atoms in total. The molecule has 0 spiro atoms. The van der Waals surface area contributed by atoms with E-state index in [1.165, 1.54) is 10.5 Å². The predicted molar refractivity (Wildman–Crippen MR) is 95.5 cm³/mol. The summed E-state index contributed by atoms with van der Waals surface area (Å²) in [6.45, 7) is 8.89. The number of aryl methyl sites for hydroxylation is 1. The first-order valence-electron chi connectivity index (χ1n) is 8.48. The number of hydrogen-bond donors (Lipinski definition) is 0. The Morgan fingerprint density at radius 2 is 1.88 bits per heavy atom. The van der Waals surface area contributed by atoms with E-state index in [1.807, 2.05) is 27.1 Å². The zero-order chi connectivity index (χ0) is 18.8. The highest BCUT2D eigenvalue weighted by molar-refractivity contribution is 5.87. The normalized spacial score (nSPS) is 15.1. The molecular weight excluding hydrogens is 320 g/mol. The third-order valence-electron chi connectivity index (χ3n) is 3.93. The second-order valence-electron chi connectivity index (χ2n) is 7.89. The number of carbonyl (C=O) groups excluding carboxylic acids is 2. The Balaban J connectivity index is 1.83. The van der Waals surface area contributed by atoms with E-state index in [9.17, 15) is 9.59 Å². The molecule has 1 aromatic rings. The van der Waals surface area contributed by atoms with Gasteiger partial charge in [0, 0.05) is 6.54 Å². The average molecular weight is 348 g/mol. The van der Waals surface area contributed by atoms with Crippen LogP contribution in [-0.2, 0) is 16.1 Å². The highest BCUT2D eigenvalue weighted by Crippen LogP contribution is 2.24. The number of likely N-dealkylation sites (tertiary alicyclic amines) is 1. The van der Waals surface area contributed by atoms with Crippen LogP contribution in [0.1, 0.15) is 31.9 Å². The van der Waals surface area contributed by atoms with Gasteiger partial charge in [0.25, 0.3) is 0 Å². The van der Waals surface area contributed by atoms with Gasteiger partial charge in [0.05, 0.1) is 18.5 Å². The number of amides is 1. The van der Waals surface area contributed by atoms with Crippen molar-refractivity contribution >= 4 is 12.1 Å². The van der Waals surface area contributed by atoms with Crippen LogP contribution in [-0.4, -0.2) is 55.2 Å². The summed E-state index contributed by atoms with van der Waals surface area (Å²) in [6, 6.07) is 6.13. The Morgan fingerprint density at radius 3 is 2.40 bits per heavy atom. The Morgan fingerprint density at radius 1 is 1.24 bits per heavy atom. The number of hydrogen-bond acceptors (Lipinski definition) is 5. The number of ether oxygens (including phenoxy) is 2. The minimum absolute atomic E-state index is 0.0734. The van der Waals surface area contributed by atoms with Crippen molar-refractivity contribution in [3.63, 3.8) is 0 Å². The van der Waals surface area contributed by atoms with Crippen molar-refractivity contribution in [3.8, 4) is 5.75 Å². The Bertz CT molecular complexity index is 643. The Labute approximate surface area is 149 Å². The van der Waals surface area contributed by atoms with Crippen LogP contribution in [0.25, 0.3) is 0 Å². The van der Waals surface area contributed by atoms with Gasteiger partial charge < -0.3 is 19.3 Å². The molecule has 0 saturated carbocycles. The molecule has 1 fully saturated rings. The van der Waals surface area contributed by atoms with Crippen molar-refractivity contribution in [2.75, 3.05) is 27.2 Å². The molecule has 0 aromatic heterocycles. The molecule has 1 amide bonds. The van der Waals surface area contributed by atoms with Crippen LogP contribution in [0, 0.1) is 12.3 Å². The number of rotatable bonds is 4. The van der Waals surface area contributed by atoms with Crippen molar-refractivity contribution in [1.29, 1.82) is 0 Å². The monoisotopic (exact) mass is 348 g/mol. The summed E-state index contributed by atoms with van der Waals surface area (Å²) in [7, 11) is 4.07. The van der Waals surface area contributed by atoms with Crippen LogP contribution in [0.4, 0.5) is 4.79 Å². The van der Waals surface area contributed by atoms with E-state index in [4.69, 9.17) is 9.47 Å². The molecule has 0 aliphatic carbocycles. The topological polar surface area (TPSA) is 59.1 Å². The fourth-order valence-corrected chi connectivity index (χ4v) is 2.45. The number of benzene rings is 1. The summed E-state index contributed by atoms with van der Waals surface area (Å²) in [5.41, 5.74) is 1.61. The van der Waals surface area contributed by atoms with Crippen LogP contribution >= 0.6 is 0 Å². The predicted octanol–water partition coefficient (Wildman–Crippen LogP) is 2.83. The summed E-state index contributed by atoms with van der Waals surface area (Å²) in [6.07, 6.45) is -0.673. The Kier molecular flexibility index (Phi) is 5.72. The molecule has 1 heterocycles. The van der Waals surface area contributed by atoms with Crippen LogP contribution < -0.4 is 4.74 Å². The molecule has 0 unspecified atom stereocenters. The summed E-state index contributed by atoms with van der Waals surface area (Å²) in [5, 5.41) is 0. The van der Waals surface area contributed by atoms with Gasteiger partial charge in [-0.15, -0.1) is 0 Å². The first-order valence-corrected chi connectivity index (χ1v) is 8.48. The fourth-order valence-electron chi connectivity index (χ4n) is 2.45. The smallest absolute Gasteiger partial charge is 0.417 e. The maximum atomic E-state index is 11.9. The molecule has 0 atom stereocenters. The Hall–Kier alpha value is -2.08. The molecular formula is C19H28N2O4. The highest BCUT2D eigenvalue weighted by Gasteiger charge is 2.36.